The Bertz CT molecular complexity index is 938. The second kappa shape index (κ2) is 6.36. The maximum Gasteiger partial charge on any atom is 0.229 e. The number of rotatable bonds is 4. The maximum atomic E-state index is 11.5. The molecule has 1 aromatic heterocycles. The Morgan fingerprint density at radius 3 is 2.88 bits per heavy atom. The number of fused-ring (bicyclic) bond motifs is 1. The van der Waals surface area contributed by atoms with Crippen molar-refractivity contribution < 1.29 is 4.79 Å². The number of nitrogens with one attached hydrogen (secondary N) is 1. The number of hydrogen-bond donors (Lipinski definition) is 1. The van der Waals surface area contributed by atoms with Gasteiger partial charge in [-0.2, -0.15) is 4.98 Å². The molecule has 2 heterocycles. The molecule has 0 bridgehead atoms. The third-order valence-corrected chi connectivity index (χ3v) is 4.33. The third-order valence-electron chi connectivity index (χ3n) is 4.33. The molecule has 25 heavy (non-hydrogen) atoms. The highest BCUT2D eigenvalue weighted by Gasteiger charge is 2.21. The molecule has 5 nitrogen and oxygen atoms in total. The maximum absolute atomic E-state index is 11.5. The van der Waals surface area contributed by atoms with Gasteiger partial charge in [0.1, 0.15) is 5.82 Å². The summed E-state index contributed by atoms with van der Waals surface area (Å²) in [6.45, 7) is 2.47. The van der Waals surface area contributed by atoms with E-state index in [0.717, 1.165) is 24.5 Å². The average Bonchev–Trinajstić information content (AvgIpc) is 3.06. The molecule has 4 rings (SSSR count). The summed E-state index contributed by atoms with van der Waals surface area (Å²) in [6.07, 6.45) is 2.77. The van der Waals surface area contributed by atoms with E-state index in [1.165, 1.54) is 11.3 Å². The van der Waals surface area contributed by atoms with Gasteiger partial charge in [-0.1, -0.05) is 30.3 Å². The monoisotopic (exact) mass is 330 g/mol. The zero-order valence-corrected chi connectivity index (χ0v) is 13.9. The van der Waals surface area contributed by atoms with E-state index in [1.807, 2.05) is 30.3 Å². The van der Waals surface area contributed by atoms with Crippen LogP contribution in [0.25, 0.3) is 0 Å². The predicted molar refractivity (Wildman–Crippen MR) is 98.9 cm³/mol. The normalized spacial score (nSPS) is 12.8. The Kier molecular flexibility index (Phi) is 3.90. The van der Waals surface area contributed by atoms with Crippen LogP contribution in [-0.2, 0) is 6.42 Å². The van der Waals surface area contributed by atoms with Crippen molar-refractivity contribution in [2.45, 2.75) is 13.3 Å². The van der Waals surface area contributed by atoms with Crippen LogP contribution in [0.2, 0.25) is 0 Å². The molecule has 1 N–H and O–H groups in total. The van der Waals surface area contributed by atoms with Crippen LogP contribution in [-0.4, -0.2) is 22.3 Å². The molecule has 0 aliphatic carbocycles. The summed E-state index contributed by atoms with van der Waals surface area (Å²) >= 11 is 0. The summed E-state index contributed by atoms with van der Waals surface area (Å²) in [5.74, 6) is 1.42. The molecule has 0 amide bonds. The standard InChI is InChI=1S/C20H18N4O/c1-14(25)16-6-4-7-17(13-16)22-20-21-11-9-19(23-20)24-12-10-15-5-2-3-8-18(15)24/h2-9,11,13H,10,12H2,1H3,(H,21,22,23). The van der Waals surface area contributed by atoms with Crippen LogP contribution >= 0.6 is 0 Å². The second-order valence-electron chi connectivity index (χ2n) is 6.03. The van der Waals surface area contributed by atoms with Crippen LogP contribution < -0.4 is 10.2 Å². The minimum absolute atomic E-state index is 0.0343. The van der Waals surface area contributed by atoms with Gasteiger partial charge >= 0.3 is 0 Å². The summed E-state index contributed by atoms with van der Waals surface area (Å²) in [6, 6.07) is 17.7. The molecule has 1 aliphatic rings. The fourth-order valence-electron chi connectivity index (χ4n) is 3.08. The zero-order valence-electron chi connectivity index (χ0n) is 13.9. The summed E-state index contributed by atoms with van der Waals surface area (Å²) < 4.78 is 0. The van der Waals surface area contributed by atoms with Crippen molar-refractivity contribution in [1.82, 2.24) is 9.97 Å². The molecule has 0 radical (unpaired) electrons. The highest BCUT2D eigenvalue weighted by atomic mass is 16.1. The summed E-state index contributed by atoms with van der Waals surface area (Å²) in [5.41, 5.74) is 4.00. The van der Waals surface area contributed by atoms with Gasteiger partial charge < -0.3 is 10.2 Å². The Balaban J connectivity index is 1.61. The largest absolute Gasteiger partial charge is 0.326 e. The number of Topliss-reactive ketones (excluding diaryl/α,β-unsaturated/α-hetero) is 1. The molecule has 0 unspecified atom stereocenters. The second-order valence-corrected chi connectivity index (χ2v) is 6.03. The molecule has 5 heteroatoms. The van der Waals surface area contributed by atoms with Crippen molar-refractivity contribution in [3.63, 3.8) is 0 Å². The fraction of sp³-hybridized carbons (Fsp3) is 0.150. The molecule has 0 saturated carbocycles. The van der Waals surface area contributed by atoms with E-state index in [0.29, 0.717) is 11.5 Å². The van der Waals surface area contributed by atoms with Gasteiger partial charge in [0, 0.05) is 29.7 Å². The Morgan fingerprint density at radius 2 is 2.00 bits per heavy atom. The number of nitrogens with zero attached hydrogens (tertiary/aromatic N) is 3. The van der Waals surface area contributed by atoms with Crippen molar-refractivity contribution >= 4 is 28.9 Å². The number of carbonyl (C=O) groups excluding carboxylic acids is 1. The van der Waals surface area contributed by atoms with Gasteiger partial charge in [-0.15, -0.1) is 0 Å². The van der Waals surface area contributed by atoms with Gasteiger partial charge in [-0.05, 0) is 43.2 Å². The third kappa shape index (κ3) is 3.08. The minimum Gasteiger partial charge on any atom is -0.326 e. The zero-order chi connectivity index (χ0) is 17.2. The number of hydrogen-bond acceptors (Lipinski definition) is 5. The number of para-hydroxylation sites is 1. The average molecular weight is 330 g/mol. The lowest BCUT2D eigenvalue weighted by molar-refractivity contribution is 0.101. The first-order chi connectivity index (χ1) is 12.2. The van der Waals surface area contributed by atoms with E-state index in [9.17, 15) is 4.79 Å². The van der Waals surface area contributed by atoms with Gasteiger partial charge in [-0.25, -0.2) is 4.98 Å². The molecular weight excluding hydrogens is 312 g/mol. The van der Waals surface area contributed by atoms with E-state index in [1.54, 1.807) is 19.2 Å². The number of aromatic nitrogens is 2. The Hall–Kier alpha value is -3.21. The summed E-state index contributed by atoms with van der Waals surface area (Å²) in [4.78, 5) is 22.7. The summed E-state index contributed by atoms with van der Waals surface area (Å²) in [5, 5.41) is 3.19. The van der Waals surface area contributed by atoms with E-state index < -0.39 is 0 Å². The van der Waals surface area contributed by atoms with Gasteiger partial charge in [0.05, 0.1) is 0 Å². The molecule has 3 aromatic rings. The lowest BCUT2D eigenvalue weighted by Crippen LogP contribution is -2.15. The van der Waals surface area contributed by atoms with E-state index in [-0.39, 0.29) is 5.78 Å². The van der Waals surface area contributed by atoms with E-state index in [4.69, 9.17) is 0 Å². The van der Waals surface area contributed by atoms with Crippen LogP contribution in [0.4, 0.5) is 23.1 Å². The van der Waals surface area contributed by atoms with E-state index in [2.05, 4.69) is 38.4 Å². The van der Waals surface area contributed by atoms with Crippen LogP contribution in [0.1, 0.15) is 22.8 Å². The van der Waals surface area contributed by atoms with Crippen molar-refractivity contribution in [2.24, 2.45) is 0 Å². The number of carbonyl (C=O) groups is 1. The first-order valence-corrected chi connectivity index (χ1v) is 8.27. The molecule has 124 valence electrons. The lowest BCUT2D eigenvalue weighted by atomic mass is 10.1. The highest BCUT2D eigenvalue weighted by Crippen LogP contribution is 2.33. The molecule has 0 spiro atoms. The predicted octanol–water partition coefficient (Wildman–Crippen LogP) is 4.12. The number of anilines is 4. The van der Waals surface area contributed by atoms with Gasteiger partial charge in [-0.3, -0.25) is 4.79 Å². The summed E-state index contributed by atoms with van der Waals surface area (Å²) in [7, 11) is 0. The quantitative estimate of drug-likeness (QED) is 0.729. The van der Waals surface area contributed by atoms with Crippen molar-refractivity contribution in [2.75, 3.05) is 16.8 Å². The first-order valence-electron chi connectivity index (χ1n) is 8.27. The van der Waals surface area contributed by atoms with Crippen LogP contribution in [0.15, 0.2) is 60.8 Å². The highest BCUT2D eigenvalue weighted by molar-refractivity contribution is 5.95. The molecule has 0 saturated heterocycles. The van der Waals surface area contributed by atoms with Gasteiger partial charge in [0.15, 0.2) is 5.78 Å². The molecule has 1 aliphatic heterocycles. The molecular formula is C20H18N4O. The molecule has 0 atom stereocenters. The van der Waals surface area contributed by atoms with Crippen LogP contribution in [0.3, 0.4) is 0 Å². The topological polar surface area (TPSA) is 58.1 Å². The van der Waals surface area contributed by atoms with Crippen LogP contribution in [0.5, 0.6) is 0 Å². The van der Waals surface area contributed by atoms with Crippen molar-refractivity contribution in [3.8, 4) is 0 Å². The van der Waals surface area contributed by atoms with Crippen LogP contribution in [0, 0.1) is 0 Å². The Labute approximate surface area is 146 Å². The minimum atomic E-state index is 0.0343. The van der Waals surface area contributed by atoms with Crippen molar-refractivity contribution in [3.05, 3.63) is 71.9 Å². The SMILES string of the molecule is CC(=O)c1cccc(Nc2nccc(N3CCc4ccccc43)n2)c1. The lowest BCUT2D eigenvalue weighted by Gasteiger charge is -2.18. The van der Waals surface area contributed by atoms with Crippen molar-refractivity contribution in [1.29, 1.82) is 0 Å². The number of ketones is 1. The smallest absolute Gasteiger partial charge is 0.229 e. The Morgan fingerprint density at radius 1 is 1.12 bits per heavy atom. The number of benzene rings is 2. The van der Waals surface area contributed by atoms with E-state index >= 15 is 0 Å². The first kappa shape index (κ1) is 15.3. The van der Waals surface area contributed by atoms with Gasteiger partial charge in [0.2, 0.25) is 5.95 Å². The molecule has 0 fully saturated rings. The molecule has 2 aromatic carbocycles. The van der Waals surface area contributed by atoms with Gasteiger partial charge in [0.25, 0.3) is 0 Å². The fourth-order valence-corrected chi connectivity index (χ4v) is 3.08.